The van der Waals surface area contributed by atoms with Crippen LogP contribution in [0.15, 0.2) is 67.0 Å². The Bertz CT molecular complexity index is 1380. The van der Waals surface area contributed by atoms with Crippen molar-refractivity contribution in [3.8, 4) is 11.3 Å². The highest BCUT2D eigenvalue weighted by atomic mass is 16.5. The van der Waals surface area contributed by atoms with E-state index < -0.39 is 0 Å². The Balaban J connectivity index is 1.56. The number of benzene rings is 2. The smallest absolute Gasteiger partial charge is 0.188 e. The van der Waals surface area contributed by atoms with Gasteiger partial charge in [-0.05, 0) is 42.8 Å². The van der Waals surface area contributed by atoms with Gasteiger partial charge in [0, 0.05) is 41.4 Å². The average molecular weight is 410 g/mol. The molecule has 0 aliphatic carbocycles. The molecule has 5 rings (SSSR count). The summed E-state index contributed by atoms with van der Waals surface area (Å²) in [6.45, 7) is 2.35. The number of nitrogens with one attached hydrogen (secondary N) is 2. The summed E-state index contributed by atoms with van der Waals surface area (Å²) in [4.78, 5) is 20.8. The van der Waals surface area contributed by atoms with Crippen LogP contribution in [0.25, 0.3) is 33.1 Å². The molecule has 5 aromatic rings. The van der Waals surface area contributed by atoms with E-state index in [9.17, 15) is 4.79 Å². The van der Waals surface area contributed by atoms with Crippen LogP contribution in [0.2, 0.25) is 0 Å². The second-order valence-corrected chi connectivity index (χ2v) is 7.76. The Hall–Kier alpha value is -3.77. The van der Waals surface area contributed by atoms with Crippen LogP contribution in [-0.2, 0) is 4.74 Å². The van der Waals surface area contributed by atoms with Crippen molar-refractivity contribution >= 4 is 27.6 Å². The average Bonchev–Trinajstić information content (AvgIpc) is 3.39. The summed E-state index contributed by atoms with van der Waals surface area (Å²) in [6, 6.07) is 17.9. The van der Waals surface area contributed by atoms with Gasteiger partial charge < -0.3 is 9.72 Å². The van der Waals surface area contributed by atoms with Gasteiger partial charge in [-0.3, -0.25) is 14.9 Å². The molecular formula is C25H22N4O2. The molecule has 6 nitrogen and oxygen atoms in total. The number of methoxy groups -OCH3 is 1. The van der Waals surface area contributed by atoms with Gasteiger partial charge in [0.05, 0.1) is 23.7 Å². The lowest BCUT2D eigenvalue weighted by atomic mass is 9.92. The summed E-state index contributed by atoms with van der Waals surface area (Å²) < 4.78 is 5.38. The second kappa shape index (κ2) is 7.81. The maximum atomic E-state index is 13.4. The lowest BCUT2D eigenvalue weighted by molar-refractivity contribution is 0.0884. The van der Waals surface area contributed by atoms with Crippen molar-refractivity contribution in [1.29, 1.82) is 0 Å². The number of nitrogens with zero attached hydrogens (tertiary/aromatic N) is 2. The van der Waals surface area contributed by atoms with Gasteiger partial charge in [-0.1, -0.05) is 29.8 Å². The van der Waals surface area contributed by atoms with E-state index in [1.54, 1.807) is 19.5 Å². The van der Waals surface area contributed by atoms with Crippen molar-refractivity contribution in [1.82, 2.24) is 20.2 Å². The Labute approximate surface area is 179 Å². The first kappa shape index (κ1) is 19.2. The number of pyridine rings is 1. The Morgan fingerprint density at radius 3 is 2.68 bits per heavy atom. The summed E-state index contributed by atoms with van der Waals surface area (Å²) in [6.07, 6.45) is 3.51. The van der Waals surface area contributed by atoms with E-state index >= 15 is 0 Å². The molecule has 6 heteroatoms. The molecule has 0 aliphatic rings. The molecular weight excluding hydrogens is 388 g/mol. The molecule has 31 heavy (non-hydrogen) atoms. The van der Waals surface area contributed by atoms with Gasteiger partial charge in [-0.2, -0.15) is 5.10 Å². The van der Waals surface area contributed by atoms with Gasteiger partial charge in [0.2, 0.25) is 0 Å². The summed E-state index contributed by atoms with van der Waals surface area (Å²) >= 11 is 0. The number of H-pyrrole nitrogens is 2. The third-order valence-electron chi connectivity index (χ3n) is 5.62. The van der Waals surface area contributed by atoms with Crippen LogP contribution in [0.3, 0.4) is 0 Å². The van der Waals surface area contributed by atoms with Gasteiger partial charge in [-0.25, -0.2) is 0 Å². The van der Waals surface area contributed by atoms with Crippen LogP contribution in [0.4, 0.5) is 0 Å². The molecule has 154 valence electrons. The van der Waals surface area contributed by atoms with Crippen molar-refractivity contribution in [2.45, 2.75) is 12.8 Å². The summed E-state index contributed by atoms with van der Waals surface area (Å²) in [7, 11) is 1.62. The van der Waals surface area contributed by atoms with Crippen LogP contribution in [0, 0.1) is 6.92 Å². The third-order valence-corrected chi connectivity index (χ3v) is 5.62. The third kappa shape index (κ3) is 3.51. The predicted molar refractivity (Wildman–Crippen MR) is 121 cm³/mol. The zero-order valence-electron chi connectivity index (χ0n) is 17.3. The maximum Gasteiger partial charge on any atom is 0.188 e. The molecule has 0 radical (unpaired) electrons. The van der Waals surface area contributed by atoms with E-state index in [-0.39, 0.29) is 11.7 Å². The molecule has 0 amide bonds. The zero-order chi connectivity index (χ0) is 21.4. The Kier molecular flexibility index (Phi) is 4.84. The number of hydrogen-bond donors (Lipinski definition) is 2. The first-order chi connectivity index (χ1) is 15.1. The highest BCUT2D eigenvalue weighted by Crippen LogP contribution is 2.31. The van der Waals surface area contributed by atoms with Crippen molar-refractivity contribution < 1.29 is 9.53 Å². The summed E-state index contributed by atoms with van der Waals surface area (Å²) in [5.41, 5.74) is 6.31. The lowest BCUT2D eigenvalue weighted by Gasteiger charge is -2.15. The lowest BCUT2D eigenvalue weighted by Crippen LogP contribution is -2.18. The van der Waals surface area contributed by atoms with Gasteiger partial charge in [0.1, 0.15) is 5.69 Å². The molecule has 0 bridgehead atoms. The minimum absolute atomic E-state index is 0.0137. The zero-order valence-corrected chi connectivity index (χ0v) is 17.3. The molecule has 0 fully saturated rings. The highest BCUT2D eigenvalue weighted by molar-refractivity contribution is 6.07. The first-order valence-electron chi connectivity index (χ1n) is 10.1. The van der Waals surface area contributed by atoms with Gasteiger partial charge in [0.25, 0.3) is 0 Å². The number of aryl methyl sites for hydroxylation is 1. The molecule has 0 saturated heterocycles. The van der Waals surface area contributed by atoms with Crippen molar-refractivity contribution in [3.05, 3.63) is 83.8 Å². The second-order valence-electron chi connectivity index (χ2n) is 7.76. The number of hydrogen-bond acceptors (Lipinski definition) is 4. The highest BCUT2D eigenvalue weighted by Gasteiger charge is 2.24. The molecule has 3 aromatic heterocycles. The van der Waals surface area contributed by atoms with Crippen LogP contribution in [-0.4, -0.2) is 39.7 Å². The van der Waals surface area contributed by atoms with Crippen LogP contribution < -0.4 is 0 Å². The van der Waals surface area contributed by atoms with Crippen molar-refractivity contribution in [2.75, 3.05) is 13.7 Å². The molecule has 2 aromatic carbocycles. The number of aromatic amines is 2. The van der Waals surface area contributed by atoms with Gasteiger partial charge in [-0.15, -0.1) is 0 Å². The number of ketones is 1. The number of fused-ring (bicyclic) bond motifs is 2. The predicted octanol–water partition coefficient (Wildman–Crippen LogP) is 5.03. The molecule has 0 saturated carbocycles. The number of carbonyl (C=O) groups is 1. The number of aromatic nitrogens is 4. The van der Waals surface area contributed by atoms with E-state index in [1.165, 1.54) is 0 Å². The summed E-state index contributed by atoms with van der Waals surface area (Å²) in [5.74, 6) is -0.350. The topological polar surface area (TPSA) is 83.7 Å². The summed E-state index contributed by atoms with van der Waals surface area (Å²) in [5, 5.41) is 9.54. The van der Waals surface area contributed by atoms with Gasteiger partial charge in [0.15, 0.2) is 5.78 Å². The molecule has 1 atom stereocenters. The fraction of sp³-hybridized carbons (Fsp3) is 0.160. The SMILES string of the molecule is COC[C@@H](C(=O)c1cc2cc3c(-c4ccncc4)n[nH]c3cc2[nH]1)c1cccc(C)c1. The van der Waals surface area contributed by atoms with Crippen molar-refractivity contribution in [3.63, 3.8) is 0 Å². The monoisotopic (exact) mass is 410 g/mol. The fourth-order valence-corrected chi connectivity index (χ4v) is 4.07. The van der Waals surface area contributed by atoms with Crippen molar-refractivity contribution in [2.24, 2.45) is 0 Å². The minimum atomic E-state index is -0.364. The standard InChI is InChI=1S/C25H22N4O2/c1-15-4-3-5-17(10-15)20(14-31-2)25(30)23-12-18-11-19-22(13-21(18)27-23)28-29-24(19)16-6-8-26-9-7-16/h3-13,20,27H,14H2,1-2H3,(H,28,29)/t20-/m1/s1. The van der Waals surface area contributed by atoms with E-state index in [0.29, 0.717) is 12.3 Å². The Morgan fingerprint density at radius 2 is 1.90 bits per heavy atom. The van der Waals surface area contributed by atoms with Gasteiger partial charge >= 0.3 is 0 Å². The molecule has 0 unspecified atom stereocenters. The number of carbonyl (C=O) groups excluding carboxylic acids is 1. The quantitative estimate of drug-likeness (QED) is 0.385. The Morgan fingerprint density at radius 1 is 1.06 bits per heavy atom. The van der Waals surface area contributed by atoms with E-state index in [1.807, 2.05) is 55.5 Å². The van der Waals surface area contributed by atoms with Crippen LogP contribution >= 0.6 is 0 Å². The molecule has 3 heterocycles. The molecule has 2 N–H and O–H groups in total. The normalized spacial score (nSPS) is 12.5. The van der Waals surface area contributed by atoms with E-state index in [4.69, 9.17) is 4.74 Å². The number of rotatable bonds is 6. The van der Waals surface area contributed by atoms with Crippen LogP contribution in [0.1, 0.15) is 27.5 Å². The van der Waals surface area contributed by atoms with E-state index in [0.717, 1.165) is 44.2 Å². The van der Waals surface area contributed by atoms with Crippen LogP contribution in [0.5, 0.6) is 0 Å². The maximum absolute atomic E-state index is 13.4. The minimum Gasteiger partial charge on any atom is -0.384 e. The van der Waals surface area contributed by atoms with E-state index in [2.05, 4.69) is 26.2 Å². The fourth-order valence-electron chi connectivity index (χ4n) is 4.07. The first-order valence-corrected chi connectivity index (χ1v) is 10.1. The largest absolute Gasteiger partial charge is 0.384 e. The number of Topliss-reactive ketones (excluding diaryl/α,β-unsaturated/α-hetero) is 1. The molecule has 0 spiro atoms. The molecule has 0 aliphatic heterocycles. The number of ether oxygens (including phenoxy) is 1.